The Labute approximate surface area is 113 Å². The first kappa shape index (κ1) is 13.8. The van der Waals surface area contributed by atoms with Crippen LogP contribution < -0.4 is 10.5 Å². The second-order valence-electron chi connectivity index (χ2n) is 4.19. The van der Waals surface area contributed by atoms with Gasteiger partial charge in [-0.1, -0.05) is 6.07 Å². The monoisotopic (exact) mass is 279 g/mol. The molecule has 0 aliphatic heterocycles. The van der Waals surface area contributed by atoms with Gasteiger partial charge in [0.15, 0.2) is 11.6 Å². The van der Waals surface area contributed by atoms with Gasteiger partial charge in [0.2, 0.25) is 0 Å². The van der Waals surface area contributed by atoms with E-state index in [4.69, 9.17) is 15.6 Å². The van der Waals surface area contributed by atoms with Crippen LogP contribution in [0.25, 0.3) is 0 Å². The summed E-state index contributed by atoms with van der Waals surface area (Å²) in [6, 6.07) is 5.62. The number of anilines is 1. The van der Waals surface area contributed by atoms with Crippen LogP contribution in [0.5, 0.6) is 11.5 Å². The number of aromatic carboxylic acids is 1. The van der Waals surface area contributed by atoms with E-state index in [0.29, 0.717) is 5.56 Å². The van der Waals surface area contributed by atoms with Crippen LogP contribution in [0, 0.1) is 18.6 Å². The Morgan fingerprint density at radius 2 is 1.90 bits per heavy atom. The molecule has 3 N–H and O–H groups in total. The van der Waals surface area contributed by atoms with Crippen molar-refractivity contribution >= 4 is 11.7 Å². The summed E-state index contributed by atoms with van der Waals surface area (Å²) in [7, 11) is 0. The molecule has 0 saturated heterocycles. The van der Waals surface area contributed by atoms with Crippen LogP contribution in [-0.4, -0.2) is 11.1 Å². The average molecular weight is 279 g/mol. The third-order valence-electron chi connectivity index (χ3n) is 2.70. The van der Waals surface area contributed by atoms with Gasteiger partial charge in [0.05, 0.1) is 5.56 Å². The van der Waals surface area contributed by atoms with Gasteiger partial charge in [-0.25, -0.2) is 13.6 Å². The molecule has 20 heavy (non-hydrogen) atoms. The van der Waals surface area contributed by atoms with E-state index in [1.54, 1.807) is 6.92 Å². The molecule has 6 heteroatoms. The highest BCUT2D eigenvalue weighted by Gasteiger charge is 2.15. The first-order chi connectivity index (χ1) is 9.38. The van der Waals surface area contributed by atoms with Crippen LogP contribution >= 0.6 is 0 Å². The molecule has 0 fully saturated rings. The van der Waals surface area contributed by atoms with Gasteiger partial charge in [0.1, 0.15) is 11.6 Å². The zero-order valence-electron chi connectivity index (χ0n) is 10.5. The Kier molecular flexibility index (Phi) is 3.56. The van der Waals surface area contributed by atoms with Gasteiger partial charge in [-0.2, -0.15) is 0 Å². The molecule has 0 radical (unpaired) electrons. The predicted octanol–water partition coefficient (Wildman–Crippen LogP) is 3.35. The van der Waals surface area contributed by atoms with E-state index >= 15 is 0 Å². The Morgan fingerprint density at radius 3 is 2.55 bits per heavy atom. The van der Waals surface area contributed by atoms with Gasteiger partial charge in [-0.3, -0.25) is 0 Å². The van der Waals surface area contributed by atoms with Gasteiger partial charge in [0, 0.05) is 23.9 Å². The first-order valence-electron chi connectivity index (χ1n) is 5.65. The van der Waals surface area contributed by atoms with Gasteiger partial charge < -0.3 is 15.6 Å². The molecular weight excluding hydrogens is 268 g/mol. The number of rotatable bonds is 3. The molecule has 0 unspecified atom stereocenters. The van der Waals surface area contributed by atoms with Crippen molar-refractivity contribution in [1.82, 2.24) is 0 Å². The van der Waals surface area contributed by atoms with Crippen molar-refractivity contribution in [3.8, 4) is 11.5 Å². The number of nitrogens with two attached hydrogens (primary N) is 1. The van der Waals surface area contributed by atoms with E-state index < -0.39 is 17.6 Å². The lowest BCUT2D eigenvalue weighted by Gasteiger charge is -2.11. The number of nitrogen functional groups attached to an aromatic ring is 1. The smallest absolute Gasteiger partial charge is 0.337 e. The van der Waals surface area contributed by atoms with Gasteiger partial charge in [-0.15, -0.1) is 0 Å². The zero-order chi connectivity index (χ0) is 14.9. The van der Waals surface area contributed by atoms with Crippen molar-refractivity contribution in [3.05, 3.63) is 53.1 Å². The van der Waals surface area contributed by atoms with Gasteiger partial charge in [-0.05, 0) is 18.6 Å². The highest BCUT2D eigenvalue weighted by molar-refractivity contribution is 5.94. The molecule has 0 saturated carbocycles. The molecule has 2 aromatic carbocycles. The van der Waals surface area contributed by atoms with E-state index in [2.05, 4.69) is 0 Å². The molecule has 4 nitrogen and oxygen atoms in total. The van der Waals surface area contributed by atoms with Crippen molar-refractivity contribution in [2.24, 2.45) is 0 Å². The Hall–Kier alpha value is -2.63. The molecular formula is C14H11F2NO3. The summed E-state index contributed by atoms with van der Waals surface area (Å²) in [6.07, 6.45) is 0. The number of carboxylic acids is 1. The number of hydrogen-bond donors (Lipinski definition) is 2. The largest absolute Gasteiger partial charge is 0.478 e. The third-order valence-corrected chi connectivity index (χ3v) is 2.70. The summed E-state index contributed by atoms with van der Waals surface area (Å²) >= 11 is 0. The quantitative estimate of drug-likeness (QED) is 0.845. The summed E-state index contributed by atoms with van der Waals surface area (Å²) in [5, 5.41) is 8.93. The lowest BCUT2D eigenvalue weighted by Crippen LogP contribution is -2.04. The molecule has 104 valence electrons. The van der Waals surface area contributed by atoms with Crippen molar-refractivity contribution in [2.75, 3.05) is 5.73 Å². The summed E-state index contributed by atoms with van der Waals surface area (Å²) in [5.41, 5.74) is 5.49. The molecule has 0 spiro atoms. The molecule has 0 bridgehead atoms. The second-order valence-corrected chi connectivity index (χ2v) is 4.19. The number of carboxylic acid groups (broad SMARTS) is 1. The summed E-state index contributed by atoms with van der Waals surface area (Å²) in [4.78, 5) is 10.9. The fourth-order valence-electron chi connectivity index (χ4n) is 1.63. The van der Waals surface area contributed by atoms with E-state index in [0.717, 1.165) is 18.2 Å². The molecule has 2 aromatic rings. The number of benzene rings is 2. The van der Waals surface area contributed by atoms with Crippen LogP contribution in [0.1, 0.15) is 15.9 Å². The van der Waals surface area contributed by atoms with Crippen LogP contribution in [0.2, 0.25) is 0 Å². The highest BCUT2D eigenvalue weighted by atomic mass is 19.1. The Bertz CT molecular complexity index is 686. The fourth-order valence-corrected chi connectivity index (χ4v) is 1.63. The lowest BCUT2D eigenvalue weighted by molar-refractivity contribution is 0.0697. The van der Waals surface area contributed by atoms with Crippen LogP contribution in [0.15, 0.2) is 30.3 Å². The van der Waals surface area contributed by atoms with Gasteiger partial charge >= 0.3 is 5.97 Å². The summed E-state index contributed by atoms with van der Waals surface area (Å²) in [5.74, 6) is -2.89. The third kappa shape index (κ3) is 2.69. The summed E-state index contributed by atoms with van der Waals surface area (Å²) in [6.45, 7) is 1.65. The summed E-state index contributed by atoms with van der Waals surface area (Å²) < 4.78 is 32.1. The van der Waals surface area contributed by atoms with Crippen molar-refractivity contribution in [1.29, 1.82) is 0 Å². The van der Waals surface area contributed by atoms with E-state index in [1.807, 2.05) is 0 Å². The number of halogens is 2. The zero-order valence-corrected chi connectivity index (χ0v) is 10.5. The van der Waals surface area contributed by atoms with Crippen LogP contribution in [0.4, 0.5) is 14.5 Å². The highest BCUT2D eigenvalue weighted by Crippen LogP contribution is 2.30. The van der Waals surface area contributed by atoms with Crippen LogP contribution in [-0.2, 0) is 0 Å². The van der Waals surface area contributed by atoms with E-state index in [-0.39, 0.29) is 22.7 Å². The maximum absolute atomic E-state index is 13.7. The Morgan fingerprint density at radius 1 is 1.20 bits per heavy atom. The number of ether oxygens (including phenoxy) is 1. The lowest BCUT2D eigenvalue weighted by atomic mass is 10.1. The maximum Gasteiger partial charge on any atom is 0.337 e. The standard InChI is InChI=1S/C14H11F2NO3/c1-7-2-3-8(15)4-12(7)20-13-5-9(14(18)19)11(17)6-10(13)16/h2-6H,17H2,1H3,(H,18,19). The minimum atomic E-state index is -1.30. The number of aryl methyl sites for hydroxylation is 1. The Balaban J connectivity index is 2.45. The van der Waals surface area contributed by atoms with Crippen LogP contribution in [0.3, 0.4) is 0 Å². The van der Waals surface area contributed by atoms with E-state index in [1.165, 1.54) is 12.1 Å². The van der Waals surface area contributed by atoms with Crippen molar-refractivity contribution in [2.45, 2.75) is 6.92 Å². The van der Waals surface area contributed by atoms with E-state index in [9.17, 15) is 13.6 Å². The fraction of sp³-hybridized carbons (Fsp3) is 0.0714. The van der Waals surface area contributed by atoms with Crippen molar-refractivity contribution < 1.29 is 23.4 Å². The minimum absolute atomic E-state index is 0.102. The molecule has 0 aliphatic carbocycles. The average Bonchev–Trinajstić information content (AvgIpc) is 2.36. The predicted molar refractivity (Wildman–Crippen MR) is 69.0 cm³/mol. The topological polar surface area (TPSA) is 72.5 Å². The molecule has 2 rings (SSSR count). The molecule has 0 heterocycles. The molecule has 0 aromatic heterocycles. The SMILES string of the molecule is Cc1ccc(F)cc1Oc1cc(C(=O)O)c(N)cc1F. The number of hydrogen-bond acceptors (Lipinski definition) is 3. The molecule has 0 amide bonds. The first-order valence-corrected chi connectivity index (χ1v) is 5.65. The number of carbonyl (C=O) groups is 1. The minimum Gasteiger partial charge on any atom is -0.478 e. The molecule has 0 aliphatic rings. The second kappa shape index (κ2) is 5.16. The van der Waals surface area contributed by atoms with Crippen molar-refractivity contribution in [3.63, 3.8) is 0 Å². The normalized spacial score (nSPS) is 10.3. The molecule has 0 atom stereocenters. The maximum atomic E-state index is 13.7. The van der Waals surface area contributed by atoms with Gasteiger partial charge in [0.25, 0.3) is 0 Å².